The normalized spacial score (nSPS) is 22.6. The third kappa shape index (κ3) is 2.37. The van der Waals surface area contributed by atoms with E-state index in [1.54, 1.807) is 0 Å². The second-order valence-electron chi connectivity index (χ2n) is 6.10. The zero-order chi connectivity index (χ0) is 13.3. The Labute approximate surface area is 114 Å². The van der Waals surface area contributed by atoms with Crippen LogP contribution in [0.3, 0.4) is 0 Å². The number of hydrogen-bond donors (Lipinski definition) is 1. The van der Waals surface area contributed by atoms with Crippen molar-refractivity contribution in [2.75, 3.05) is 19.8 Å². The number of hydrogen-bond acceptors (Lipinski definition) is 3. The highest BCUT2D eigenvalue weighted by Gasteiger charge is 2.58. The van der Waals surface area contributed by atoms with Crippen LogP contribution in [0.1, 0.15) is 38.2 Å². The van der Waals surface area contributed by atoms with Gasteiger partial charge in [-0.15, -0.1) is 0 Å². The highest BCUT2D eigenvalue weighted by atomic mass is 16.5. The Hall–Kier alpha value is -1.06. The topological polar surface area (TPSA) is 38.7 Å². The molecule has 2 fully saturated rings. The number of rotatable bonds is 5. The molecule has 1 spiro atoms. The van der Waals surface area contributed by atoms with Crippen molar-refractivity contribution in [3.05, 3.63) is 29.8 Å². The quantitative estimate of drug-likeness (QED) is 0.829. The minimum atomic E-state index is -0.647. The summed E-state index contributed by atoms with van der Waals surface area (Å²) in [6.07, 6.45) is 3.88. The van der Waals surface area contributed by atoms with Crippen molar-refractivity contribution in [2.24, 2.45) is 5.41 Å². The van der Waals surface area contributed by atoms with Gasteiger partial charge < -0.3 is 14.6 Å². The summed E-state index contributed by atoms with van der Waals surface area (Å²) >= 11 is 0. The highest BCUT2D eigenvalue weighted by molar-refractivity contribution is 5.33. The van der Waals surface area contributed by atoms with Crippen LogP contribution in [0.25, 0.3) is 0 Å². The van der Waals surface area contributed by atoms with E-state index < -0.39 is 5.60 Å². The van der Waals surface area contributed by atoms with E-state index >= 15 is 0 Å². The molecule has 1 heterocycles. The van der Waals surface area contributed by atoms with E-state index in [1.807, 2.05) is 24.3 Å². The number of benzene rings is 1. The summed E-state index contributed by atoms with van der Waals surface area (Å²) in [5.74, 6) is 0.891. The van der Waals surface area contributed by atoms with Gasteiger partial charge in [0.1, 0.15) is 5.75 Å². The summed E-state index contributed by atoms with van der Waals surface area (Å²) < 4.78 is 10.9. The van der Waals surface area contributed by atoms with Crippen LogP contribution < -0.4 is 4.74 Å². The van der Waals surface area contributed by atoms with E-state index in [2.05, 4.69) is 6.92 Å². The number of unbranched alkanes of at least 4 members (excludes halogenated alkanes) is 1. The van der Waals surface area contributed by atoms with E-state index in [1.165, 1.54) is 0 Å². The summed E-state index contributed by atoms with van der Waals surface area (Å²) in [6, 6.07) is 7.91. The van der Waals surface area contributed by atoms with Crippen LogP contribution in [-0.4, -0.2) is 24.9 Å². The van der Waals surface area contributed by atoms with Crippen LogP contribution in [0.5, 0.6) is 5.75 Å². The third-order valence-corrected chi connectivity index (χ3v) is 4.31. The summed E-state index contributed by atoms with van der Waals surface area (Å²) in [4.78, 5) is 0. The predicted molar refractivity (Wildman–Crippen MR) is 73.2 cm³/mol. The molecule has 1 aromatic rings. The molecule has 0 aromatic heterocycles. The number of ether oxygens (including phenoxy) is 2. The lowest BCUT2D eigenvalue weighted by Crippen LogP contribution is -2.59. The van der Waals surface area contributed by atoms with Gasteiger partial charge in [-0.3, -0.25) is 0 Å². The first-order chi connectivity index (χ1) is 9.16. The molecule has 0 amide bonds. The summed E-state index contributed by atoms with van der Waals surface area (Å²) in [5.41, 5.74) is 0.629. The summed E-state index contributed by atoms with van der Waals surface area (Å²) in [5, 5.41) is 10.6. The van der Waals surface area contributed by atoms with E-state index in [0.717, 1.165) is 56.8 Å². The minimum absolute atomic E-state index is 0.269. The van der Waals surface area contributed by atoms with Gasteiger partial charge in [0, 0.05) is 5.41 Å². The van der Waals surface area contributed by atoms with Crippen molar-refractivity contribution in [3.8, 4) is 5.75 Å². The minimum Gasteiger partial charge on any atom is -0.494 e. The van der Waals surface area contributed by atoms with Crippen LogP contribution >= 0.6 is 0 Å². The molecule has 1 saturated carbocycles. The maximum Gasteiger partial charge on any atom is 0.119 e. The van der Waals surface area contributed by atoms with Crippen LogP contribution in [0.2, 0.25) is 0 Å². The molecule has 2 aliphatic rings. The average Bonchev–Trinajstić information content (AvgIpc) is 2.34. The van der Waals surface area contributed by atoms with Crippen LogP contribution in [-0.2, 0) is 10.3 Å². The Morgan fingerprint density at radius 3 is 2.42 bits per heavy atom. The first kappa shape index (κ1) is 12.9. The van der Waals surface area contributed by atoms with Crippen LogP contribution in [0.4, 0.5) is 0 Å². The van der Waals surface area contributed by atoms with Gasteiger partial charge in [-0.25, -0.2) is 0 Å². The monoisotopic (exact) mass is 262 g/mol. The van der Waals surface area contributed by atoms with Crippen molar-refractivity contribution in [1.29, 1.82) is 0 Å². The van der Waals surface area contributed by atoms with Crippen molar-refractivity contribution >= 4 is 0 Å². The van der Waals surface area contributed by atoms with E-state index in [0.29, 0.717) is 0 Å². The molecule has 1 aromatic carbocycles. The van der Waals surface area contributed by atoms with Crippen molar-refractivity contribution in [2.45, 2.75) is 38.2 Å². The fourth-order valence-electron chi connectivity index (χ4n) is 3.18. The molecule has 0 atom stereocenters. The Balaban J connectivity index is 1.60. The van der Waals surface area contributed by atoms with Gasteiger partial charge in [0.2, 0.25) is 0 Å². The van der Waals surface area contributed by atoms with Gasteiger partial charge in [-0.05, 0) is 37.0 Å². The van der Waals surface area contributed by atoms with Gasteiger partial charge in [0.25, 0.3) is 0 Å². The molecule has 3 nitrogen and oxygen atoms in total. The Bertz CT molecular complexity index is 426. The van der Waals surface area contributed by atoms with Crippen molar-refractivity contribution < 1.29 is 14.6 Å². The Kier molecular flexibility index (Phi) is 3.27. The van der Waals surface area contributed by atoms with Gasteiger partial charge in [0.05, 0.1) is 25.4 Å². The predicted octanol–water partition coefficient (Wildman–Crippen LogP) is 2.86. The van der Waals surface area contributed by atoms with E-state index in [4.69, 9.17) is 9.47 Å². The van der Waals surface area contributed by atoms with E-state index in [-0.39, 0.29) is 5.41 Å². The Morgan fingerprint density at radius 1 is 1.21 bits per heavy atom. The second-order valence-corrected chi connectivity index (χ2v) is 6.10. The van der Waals surface area contributed by atoms with Gasteiger partial charge in [-0.1, -0.05) is 25.5 Å². The molecule has 19 heavy (non-hydrogen) atoms. The zero-order valence-corrected chi connectivity index (χ0v) is 11.5. The molecule has 1 N–H and O–H groups in total. The standard InChI is InChI=1S/C16H22O3/c1-2-3-8-19-14-6-4-13(5-7-14)16(17)9-15(10-16)11-18-12-15/h4-7,17H,2-3,8-12H2,1H3. The molecule has 0 radical (unpaired) electrons. The highest BCUT2D eigenvalue weighted by Crippen LogP contribution is 2.57. The first-order valence-corrected chi connectivity index (χ1v) is 7.19. The largest absolute Gasteiger partial charge is 0.494 e. The molecule has 0 unspecified atom stereocenters. The first-order valence-electron chi connectivity index (χ1n) is 7.19. The lowest BCUT2D eigenvalue weighted by atomic mass is 9.56. The van der Waals surface area contributed by atoms with Gasteiger partial charge in [0.15, 0.2) is 0 Å². The molecule has 104 valence electrons. The fourth-order valence-corrected chi connectivity index (χ4v) is 3.18. The van der Waals surface area contributed by atoms with Crippen LogP contribution in [0.15, 0.2) is 24.3 Å². The molecule has 3 heteroatoms. The summed E-state index contributed by atoms with van der Waals surface area (Å²) in [7, 11) is 0. The smallest absolute Gasteiger partial charge is 0.119 e. The molecule has 1 aliphatic carbocycles. The maximum absolute atomic E-state index is 10.6. The molecular formula is C16H22O3. The van der Waals surface area contributed by atoms with Crippen LogP contribution in [0, 0.1) is 5.41 Å². The Morgan fingerprint density at radius 2 is 1.89 bits per heavy atom. The van der Waals surface area contributed by atoms with Crippen molar-refractivity contribution in [3.63, 3.8) is 0 Å². The third-order valence-electron chi connectivity index (χ3n) is 4.31. The zero-order valence-electron chi connectivity index (χ0n) is 11.5. The second kappa shape index (κ2) is 4.80. The fraction of sp³-hybridized carbons (Fsp3) is 0.625. The van der Waals surface area contributed by atoms with Gasteiger partial charge in [-0.2, -0.15) is 0 Å². The SMILES string of the molecule is CCCCOc1ccc(C2(O)CC3(COC3)C2)cc1. The lowest BCUT2D eigenvalue weighted by Gasteiger charge is -2.58. The van der Waals surface area contributed by atoms with Crippen molar-refractivity contribution in [1.82, 2.24) is 0 Å². The average molecular weight is 262 g/mol. The van der Waals surface area contributed by atoms with E-state index in [9.17, 15) is 5.11 Å². The molecule has 0 bridgehead atoms. The lowest BCUT2D eigenvalue weighted by molar-refractivity contribution is -0.244. The molecule has 1 aliphatic heterocycles. The molecule has 1 saturated heterocycles. The maximum atomic E-state index is 10.6. The molecule has 3 rings (SSSR count). The number of aliphatic hydroxyl groups is 1. The summed E-state index contributed by atoms with van der Waals surface area (Å²) in [6.45, 7) is 4.54. The van der Waals surface area contributed by atoms with Gasteiger partial charge >= 0.3 is 0 Å². The molecular weight excluding hydrogens is 240 g/mol.